The standard InChI is InChI=1S/C13H19N5OS/c1-20-13(5-3-2-4-6-13)8-14-10-7-11-16-17-12(19)18(11)9-15-10/h7,9,14H,2-6,8H2,1H3,(H,17,19). The number of H-pyrrole nitrogens is 1. The number of hydrogen-bond donors (Lipinski definition) is 2. The summed E-state index contributed by atoms with van der Waals surface area (Å²) in [5.41, 5.74) is 0.335. The Kier molecular flexibility index (Phi) is 3.69. The fraction of sp³-hybridized carbons (Fsp3) is 0.615. The van der Waals surface area contributed by atoms with Gasteiger partial charge in [-0.05, 0) is 19.1 Å². The van der Waals surface area contributed by atoms with E-state index in [1.165, 1.54) is 42.8 Å². The van der Waals surface area contributed by atoms with Crippen LogP contribution in [-0.2, 0) is 0 Å². The zero-order valence-electron chi connectivity index (χ0n) is 11.6. The van der Waals surface area contributed by atoms with Crippen LogP contribution in [0.2, 0.25) is 0 Å². The van der Waals surface area contributed by atoms with E-state index in [4.69, 9.17) is 0 Å². The molecule has 2 N–H and O–H groups in total. The van der Waals surface area contributed by atoms with E-state index in [-0.39, 0.29) is 5.69 Å². The Morgan fingerprint density at radius 3 is 3.00 bits per heavy atom. The van der Waals surface area contributed by atoms with Crippen LogP contribution in [0.5, 0.6) is 0 Å². The Hall–Kier alpha value is -1.50. The summed E-state index contributed by atoms with van der Waals surface area (Å²) in [6, 6.07) is 1.80. The van der Waals surface area contributed by atoms with E-state index >= 15 is 0 Å². The fourth-order valence-corrected chi connectivity index (χ4v) is 3.72. The van der Waals surface area contributed by atoms with Gasteiger partial charge in [0.15, 0.2) is 5.65 Å². The molecule has 0 bridgehead atoms. The zero-order valence-corrected chi connectivity index (χ0v) is 12.4. The molecule has 7 heteroatoms. The number of aromatic nitrogens is 4. The summed E-state index contributed by atoms with van der Waals surface area (Å²) in [6.45, 7) is 0.909. The van der Waals surface area contributed by atoms with E-state index < -0.39 is 0 Å². The molecule has 0 radical (unpaired) electrons. The van der Waals surface area contributed by atoms with Gasteiger partial charge in [0, 0.05) is 17.4 Å². The van der Waals surface area contributed by atoms with Crippen LogP contribution in [-0.4, -0.2) is 37.1 Å². The second-order valence-electron chi connectivity index (χ2n) is 5.33. The highest BCUT2D eigenvalue weighted by Crippen LogP contribution is 2.38. The van der Waals surface area contributed by atoms with Gasteiger partial charge in [0.2, 0.25) is 0 Å². The van der Waals surface area contributed by atoms with Crippen molar-refractivity contribution in [3.8, 4) is 0 Å². The number of hydrogen-bond acceptors (Lipinski definition) is 5. The average Bonchev–Trinajstić information content (AvgIpc) is 2.87. The molecule has 0 aliphatic heterocycles. The van der Waals surface area contributed by atoms with Crippen molar-refractivity contribution in [2.75, 3.05) is 18.1 Å². The van der Waals surface area contributed by atoms with Crippen LogP contribution in [0.1, 0.15) is 32.1 Å². The molecule has 0 unspecified atom stereocenters. The molecule has 108 valence electrons. The molecule has 0 saturated heterocycles. The fourth-order valence-electron chi connectivity index (χ4n) is 2.81. The first-order valence-corrected chi connectivity index (χ1v) is 8.17. The second kappa shape index (κ2) is 5.47. The van der Waals surface area contributed by atoms with Crippen molar-refractivity contribution in [1.82, 2.24) is 19.6 Å². The van der Waals surface area contributed by atoms with Gasteiger partial charge in [-0.2, -0.15) is 16.9 Å². The Morgan fingerprint density at radius 1 is 1.45 bits per heavy atom. The summed E-state index contributed by atoms with van der Waals surface area (Å²) >= 11 is 1.95. The molecular formula is C13H19N5OS. The van der Waals surface area contributed by atoms with Gasteiger partial charge in [-0.3, -0.25) is 0 Å². The lowest BCUT2D eigenvalue weighted by Crippen LogP contribution is -2.35. The van der Waals surface area contributed by atoms with Crippen LogP contribution in [0.25, 0.3) is 5.65 Å². The SMILES string of the molecule is CSC1(CNc2cc3n[nH]c(=O)n3cn2)CCCCC1. The lowest BCUT2D eigenvalue weighted by atomic mass is 9.88. The Labute approximate surface area is 121 Å². The molecule has 2 heterocycles. The third-order valence-electron chi connectivity index (χ3n) is 4.10. The number of thioether (sulfide) groups is 1. The first kappa shape index (κ1) is 13.5. The lowest BCUT2D eigenvalue weighted by Gasteiger charge is -2.36. The quantitative estimate of drug-likeness (QED) is 0.900. The molecule has 2 aromatic rings. The highest BCUT2D eigenvalue weighted by molar-refractivity contribution is 8.00. The minimum Gasteiger partial charge on any atom is -0.369 e. The van der Waals surface area contributed by atoms with E-state index in [2.05, 4.69) is 26.8 Å². The molecule has 20 heavy (non-hydrogen) atoms. The number of fused-ring (bicyclic) bond motifs is 1. The summed E-state index contributed by atoms with van der Waals surface area (Å²) in [5, 5.41) is 9.77. The summed E-state index contributed by atoms with van der Waals surface area (Å²) in [6.07, 6.45) is 10.2. The summed E-state index contributed by atoms with van der Waals surface area (Å²) in [4.78, 5) is 15.6. The van der Waals surface area contributed by atoms with Crippen molar-refractivity contribution in [2.45, 2.75) is 36.9 Å². The first-order valence-electron chi connectivity index (χ1n) is 6.94. The van der Waals surface area contributed by atoms with E-state index in [9.17, 15) is 4.79 Å². The maximum Gasteiger partial charge on any atom is 0.348 e. The molecule has 0 amide bonds. The lowest BCUT2D eigenvalue weighted by molar-refractivity contribution is 0.411. The number of aromatic amines is 1. The molecule has 1 saturated carbocycles. The van der Waals surface area contributed by atoms with Crippen molar-refractivity contribution in [2.24, 2.45) is 0 Å². The molecule has 6 nitrogen and oxygen atoms in total. The van der Waals surface area contributed by atoms with Gasteiger partial charge in [-0.25, -0.2) is 19.3 Å². The molecule has 0 atom stereocenters. The molecule has 2 aromatic heterocycles. The van der Waals surface area contributed by atoms with Crippen LogP contribution in [0, 0.1) is 0 Å². The van der Waals surface area contributed by atoms with Crippen LogP contribution < -0.4 is 11.0 Å². The first-order chi connectivity index (χ1) is 9.72. The number of nitrogens with one attached hydrogen (secondary N) is 2. The van der Waals surface area contributed by atoms with E-state index in [0.29, 0.717) is 10.4 Å². The van der Waals surface area contributed by atoms with Gasteiger partial charge < -0.3 is 5.32 Å². The van der Waals surface area contributed by atoms with E-state index in [1.54, 1.807) is 6.07 Å². The highest BCUT2D eigenvalue weighted by atomic mass is 32.2. The van der Waals surface area contributed by atoms with Gasteiger partial charge in [0.1, 0.15) is 12.1 Å². The predicted molar refractivity (Wildman–Crippen MR) is 81.4 cm³/mol. The topological polar surface area (TPSA) is 75.1 Å². The van der Waals surface area contributed by atoms with Crippen molar-refractivity contribution in [1.29, 1.82) is 0 Å². The minimum absolute atomic E-state index is 0.257. The van der Waals surface area contributed by atoms with Crippen molar-refractivity contribution in [3.05, 3.63) is 22.9 Å². The third kappa shape index (κ3) is 2.54. The van der Waals surface area contributed by atoms with Crippen LogP contribution in [0.4, 0.5) is 5.82 Å². The van der Waals surface area contributed by atoms with Gasteiger partial charge in [-0.1, -0.05) is 19.3 Å². The number of rotatable bonds is 4. The maximum absolute atomic E-state index is 11.4. The predicted octanol–water partition coefficient (Wildman–Crippen LogP) is 1.90. The van der Waals surface area contributed by atoms with Crippen molar-refractivity contribution >= 4 is 23.2 Å². The molecule has 3 rings (SSSR count). The van der Waals surface area contributed by atoms with Gasteiger partial charge in [-0.15, -0.1) is 0 Å². The molecule has 1 fully saturated rings. The molecule has 1 aliphatic rings. The molecule has 0 spiro atoms. The summed E-state index contributed by atoms with van der Waals surface area (Å²) in [7, 11) is 0. The van der Waals surface area contributed by atoms with Crippen LogP contribution in [0.3, 0.4) is 0 Å². The Morgan fingerprint density at radius 2 is 2.25 bits per heavy atom. The zero-order chi connectivity index (χ0) is 14.0. The van der Waals surface area contributed by atoms with Gasteiger partial charge >= 0.3 is 5.69 Å². The largest absolute Gasteiger partial charge is 0.369 e. The van der Waals surface area contributed by atoms with Crippen LogP contribution in [0.15, 0.2) is 17.2 Å². The molecular weight excluding hydrogens is 274 g/mol. The van der Waals surface area contributed by atoms with Crippen molar-refractivity contribution in [3.63, 3.8) is 0 Å². The minimum atomic E-state index is -0.257. The monoisotopic (exact) mass is 293 g/mol. The highest BCUT2D eigenvalue weighted by Gasteiger charge is 2.30. The maximum atomic E-state index is 11.4. The Balaban J connectivity index is 1.74. The number of anilines is 1. The number of nitrogens with zero attached hydrogens (tertiary/aromatic N) is 3. The van der Waals surface area contributed by atoms with Gasteiger partial charge in [0.05, 0.1) is 0 Å². The van der Waals surface area contributed by atoms with E-state index in [0.717, 1.165) is 12.4 Å². The van der Waals surface area contributed by atoms with Crippen molar-refractivity contribution < 1.29 is 0 Å². The molecule has 0 aromatic carbocycles. The normalized spacial score (nSPS) is 18.2. The van der Waals surface area contributed by atoms with Gasteiger partial charge in [0.25, 0.3) is 0 Å². The Bertz CT molecular complexity index is 643. The van der Waals surface area contributed by atoms with Crippen LogP contribution >= 0.6 is 11.8 Å². The average molecular weight is 293 g/mol. The summed E-state index contributed by atoms with van der Waals surface area (Å²) in [5.74, 6) is 0.774. The summed E-state index contributed by atoms with van der Waals surface area (Å²) < 4.78 is 1.72. The smallest absolute Gasteiger partial charge is 0.348 e. The molecule has 1 aliphatic carbocycles. The second-order valence-corrected chi connectivity index (χ2v) is 6.61. The van der Waals surface area contributed by atoms with E-state index in [1.807, 2.05) is 11.8 Å². The third-order valence-corrected chi connectivity index (χ3v) is 5.52.